The molecule has 0 radical (unpaired) electrons. The van der Waals surface area contributed by atoms with E-state index in [-0.39, 0.29) is 6.09 Å². The summed E-state index contributed by atoms with van der Waals surface area (Å²) in [4.78, 5) is 13.9. The Bertz CT molecular complexity index is 248. The lowest BCUT2D eigenvalue weighted by Gasteiger charge is -2.20. The summed E-state index contributed by atoms with van der Waals surface area (Å²) in [6.45, 7) is 12.0. The molecule has 1 aliphatic heterocycles. The maximum absolute atomic E-state index is 11.5. The Morgan fingerprint density at radius 1 is 1.47 bits per heavy atom. The van der Waals surface area contributed by atoms with Crippen LogP contribution in [0, 0.1) is 5.92 Å². The lowest BCUT2D eigenvalue weighted by atomic mass is 10.1. The Morgan fingerprint density at radius 3 is 2.76 bits per heavy atom. The number of ether oxygens (including phenoxy) is 1. The van der Waals surface area contributed by atoms with Gasteiger partial charge in [0.15, 0.2) is 0 Å². The van der Waals surface area contributed by atoms with E-state index >= 15 is 0 Å². The molecule has 0 aromatic rings. The number of likely N-dealkylation sites (tertiary alicyclic amines) is 1. The monoisotopic (exact) mass is 242 g/mol. The first-order valence-electron chi connectivity index (χ1n) is 6.60. The largest absolute Gasteiger partial charge is 0.444 e. The van der Waals surface area contributed by atoms with Crippen molar-refractivity contribution in [2.24, 2.45) is 5.92 Å². The Hall–Kier alpha value is -0.770. The van der Waals surface area contributed by atoms with Gasteiger partial charge in [0, 0.05) is 13.1 Å². The third-order valence-electron chi connectivity index (χ3n) is 2.84. The second-order valence-electron chi connectivity index (χ2n) is 5.84. The minimum Gasteiger partial charge on any atom is -0.444 e. The van der Waals surface area contributed by atoms with E-state index in [1.807, 2.05) is 20.8 Å². The maximum Gasteiger partial charge on any atom is 0.407 e. The van der Waals surface area contributed by atoms with E-state index in [0.717, 1.165) is 19.6 Å². The van der Waals surface area contributed by atoms with E-state index in [0.29, 0.717) is 5.92 Å². The van der Waals surface area contributed by atoms with Crippen LogP contribution in [0.3, 0.4) is 0 Å². The SMILES string of the molecule is CCCN1CCC(CNC(=O)OC(C)(C)C)C1. The summed E-state index contributed by atoms with van der Waals surface area (Å²) >= 11 is 0. The molecule has 1 aliphatic rings. The van der Waals surface area contributed by atoms with Gasteiger partial charge in [-0.3, -0.25) is 0 Å². The van der Waals surface area contributed by atoms with E-state index in [2.05, 4.69) is 17.1 Å². The lowest BCUT2D eigenvalue weighted by Crippen LogP contribution is -2.36. The Labute approximate surface area is 105 Å². The van der Waals surface area contributed by atoms with Crippen LogP contribution in [0.15, 0.2) is 0 Å². The summed E-state index contributed by atoms with van der Waals surface area (Å²) in [6, 6.07) is 0. The number of nitrogens with one attached hydrogen (secondary N) is 1. The molecule has 1 heterocycles. The summed E-state index contributed by atoms with van der Waals surface area (Å²) < 4.78 is 5.21. The van der Waals surface area contributed by atoms with Gasteiger partial charge in [-0.1, -0.05) is 6.92 Å². The van der Waals surface area contributed by atoms with Gasteiger partial charge in [0.2, 0.25) is 0 Å². The third kappa shape index (κ3) is 5.91. The van der Waals surface area contributed by atoms with Crippen LogP contribution in [0.4, 0.5) is 4.79 Å². The summed E-state index contributed by atoms with van der Waals surface area (Å²) in [5.41, 5.74) is -0.409. The van der Waals surface area contributed by atoms with E-state index < -0.39 is 5.60 Å². The second-order valence-corrected chi connectivity index (χ2v) is 5.84. The third-order valence-corrected chi connectivity index (χ3v) is 2.84. The van der Waals surface area contributed by atoms with E-state index in [1.165, 1.54) is 19.4 Å². The molecule has 4 heteroatoms. The van der Waals surface area contributed by atoms with Gasteiger partial charge in [0.25, 0.3) is 0 Å². The van der Waals surface area contributed by atoms with Crippen LogP contribution in [0.1, 0.15) is 40.5 Å². The first-order chi connectivity index (χ1) is 7.90. The van der Waals surface area contributed by atoms with Crippen molar-refractivity contribution in [3.05, 3.63) is 0 Å². The number of carbonyl (C=O) groups is 1. The van der Waals surface area contributed by atoms with Gasteiger partial charge in [-0.15, -0.1) is 0 Å². The predicted molar refractivity (Wildman–Crippen MR) is 69.1 cm³/mol. The van der Waals surface area contributed by atoms with Crippen LogP contribution in [0.2, 0.25) is 0 Å². The molecule has 0 aliphatic carbocycles. The topological polar surface area (TPSA) is 41.6 Å². The predicted octanol–water partition coefficient (Wildman–Crippen LogP) is 2.24. The molecule has 1 unspecified atom stereocenters. The number of hydrogen-bond acceptors (Lipinski definition) is 3. The number of rotatable bonds is 4. The first-order valence-corrected chi connectivity index (χ1v) is 6.60. The first kappa shape index (κ1) is 14.3. The molecule has 0 saturated carbocycles. The van der Waals surface area contributed by atoms with Gasteiger partial charge in [0.1, 0.15) is 5.60 Å². The van der Waals surface area contributed by atoms with Gasteiger partial charge < -0.3 is 15.0 Å². The highest BCUT2D eigenvalue weighted by atomic mass is 16.6. The molecule has 0 spiro atoms. The van der Waals surface area contributed by atoms with Crippen molar-refractivity contribution in [2.75, 3.05) is 26.2 Å². The van der Waals surface area contributed by atoms with Crippen molar-refractivity contribution < 1.29 is 9.53 Å². The van der Waals surface area contributed by atoms with Crippen molar-refractivity contribution in [1.82, 2.24) is 10.2 Å². The number of carbonyl (C=O) groups excluding carboxylic acids is 1. The molecule has 4 nitrogen and oxygen atoms in total. The Kier molecular flexibility index (Phi) is 5.25. The highest BCUT2D eigenvalue weighted by Crippen LogP contribution is 2.15. The number of alkyl carbamates (subject to hydrolysis) is 1. The van der Waals surface area contributed by atoms with Crippen LogP contribution >= 0.6 is 0 Å². The molecular formula is C13H26N2O2. The van der Waals surface area contributed by atoms with Gasteiger partial charge in [-0.25, -0.2) is 4.79 Å². The quantitative estimate of drug-likeness (QED) is 0.822. The zero-order valence-electron chi connectivity index (χ0n) is 11.6. The number of nitrogens with zero attached hydrogens (tertiary/aromatic N) is 1. The average Bonchev–Trinajstić information content (AvgIpc) is 2.61. The smallest absolute Gasteiger partial charge is 0.407 e. The fourth-order valence-electron chi connectivity index (χ4n) is 2.14. The molecule has 1 atom stereocenters. The highest BCUT2D eigenvalue weighted by molar-refractivity contribution is 5.67. The molecule has 1 fully saturated rings. The zero-order valence-corrected chi connectivity index (χ0v) is 11.6. The zero-order chi connectivity index (χ0) is 12.9. The van der Waals surface area contributed by atoms with Crippen molar-refractivity contribution in [3.8, 4) is 0 Å². The Morgan fingerprint density at radius 2 is 2.18 bits per heavy atom. The normalized spacial score (nSPS) is 21.5. The van der Waals surface area contributed by atoms with Crippen molar-refractivity contribution >= 4 is 6.09 Å². The van der Waals surface area contributed by atoms with E-state index in [9.17, 15) is 4.79 Å². The molecule has 0 aromatic heterocycles. The van der Waals surface area contributed by atoms with Gasteiger partial charge in [-0.05, 0) is 52.6 Å². The van der Waals surface area contributed by atoms with Gasteiger partial charge >= 0.3 is 6.09 Å². The number of amides is 1. The molecule has 0 aromatic carbocycles. The standard InChI is InChI=1S/C13H26N2O2/c1-5-7-15-8-6-11(10-15)9-14-12(16)17-13(2,3)4/h11H,5-10H2,1-4H3,(H,14,16). The van der Waals surface area contributed by atoms with Crippen molar-refractivity contribution in [1.29, 1.82) is 0 Å². The summed E-state index contributed by atoms with van der Waals surface area (Å²) in [7, 11) is 0. The minimum atomic E-state index is -0.409. The van der Waals surface area contributed by atoms with Crippen molar-refractivity contribution in [2.45, 2.75) is 46.1 Å². The summed E-state index contributed by atoms with van der Waals surface area (Å²) in [6.07, 6.45) is 2.08. The summed E-state index contributed by atoms with van der Waals surface area (Å²) in [5, 5.41) is 2.86. The van der Waals surface area contributed by atoms with E-state index in [1.54, 1.807) is 0 Å². The molecule has 1 N–H and O–H groups in total. The van der Waals surface area contributed by atoms with E-state index in [4.69, 9.17) is 4.74 Å². The van der Waals surface area contributed by atoms with Crippen LogP contribution in [-0.2, 0) is 4.74 Å². The molecule has 0 bridgehead atoms. The average molecular weight is 242 g/mol. The Balaban J connectivity index is 2.17. The molecule has 100 valence electrons. The number of hydrogen-bond donors (Lipinski definition) is 1. The van der Waals surface area contributed by atoms with Crippen LogP contribution < -0.4 is 5.32 Å². The van der Waals surface area contributed by atoms with Gasteiger partial charge in [0.05, 0.1) is 0 Å². The minimum absolute atomic E-state index is 0.300. The van der Waals surface area contributed by atoms with Crippen molar-refractivity contribution in [3.63, 3.8) is 0 Å². The van der Waals surface area contributed by atoms with Crippen LogP contribution in [0.5, 0.6) is 0 Å². The van der Waals surface area contributed by atoms with Crippen LogP contribution in [0.25, 0.3) is 0 Å². The maximum atomic E-state index is 11.5. The molecule has 1 amide bonds. The molecular weight excluding hydrogens is 216 g/mol. The summed E-state index contributed by atoms with van der Waals surface area (Å²) in [5.74, 6) is 0.578. The fourth-order valence-corrected chi connectivity index (χ4v) is 2.14. The highest BCUT2D eigenvalue weighted by Gasteiger charge is 2.23. The molecule has 1 rings (SSSR count). The lowest BCUT2D eigenvalue weighted by molar-refractivity contribution is 0.0519. The van der Waals surface area contributed by atoms with Crippen LogP contribution in [-0.4, -0.2) is 42.8 Å². The molecule has 1 saturated heterocycles. The second kappa shape index (κ2) is 6.24. The molecule has 17 heavy (non-hydrogen) atoms. The van der Waals surface area contributed by atoms with Gasteiger partial charge in [-0.2, -0.15) is 0 Å². The fraction of sp³-hybridized carbons (Fsp3) is 0.923.